The van der Waals surface area contributed by atoms with Gasteiger partial charge in [0.15, 0.2) is 0 Å². The minimum absolute atomic E-state index is 0.322. The molecule has 3 N–H and O–H groups in total. The van der Waals surface area contributed by atoms with Crippen molar-refractivity contribution in [2.75, 3.05) is 13.1 Å². The molecule has 2 aromatic carbocycles. The van der Waals surface area contributed by atoms with Crippen LogP contribution in [0.25, 0.3) is 0 Å². The van der Waals surface area contributed by atoms with Crippen molar-refractivity contribution < 1.29 is 19.8 Å². The Labute approximate surface area is 175 Å². The molecule has 0 saturated carbocycles. The van der Waals surface area contributed by atoms with Gasteiger partial charge in [0.25, 0.3) is 5.91 Å². The number of aliphatic hydroxyl groups excluding tert-OH is 1. The molecule has 0 bridgehead atoms. The fourth-order valence-corrected chi connectivity index (χ4v) is 3.67. The van der Waals surface area contributed by atoms with E-state index in [1.54, 1.807) is 59.5 Å². The van der Waals surface area contributed by atoms with Gasteiger partial charge in [0.1, 0.15) is 6.04 Å². The van der Waals surface area contributed by atoms with Crippen molar-refractivity contribution in [1.29, 1.82) is 0 Å². The highest BCUT2D eigenvalue weighted by Gasteiger charge is 2.38. The van der Waals surface area contributed by atoms with E-state index in [-0.39, 0.29) is 5.91 Å². The first-order chi connectivity index (χ1) is 13.8. The van der Waals surface area contributed by atoms with E-state index >= 15 is 0 Å². The van der Waals surface area contributed by atoms with E-state index in [1.807, 2.05) is 0 Å². The highest BCUT2D eigenvalue weighted by Crippen LogP contribution is 2.33. The van der Waals surface area contributed by atoms with Crippen LogP contribution in [0.15, 0.2) is 54.6 Å². The van der Waals surface area contributed by atoms with E-state index in [0.717, 1.165) is 5.56 Å². The van der Waals surface area contributed by atoms with Crippen molar-refractivity contribution in [2.24, 2.45) is 0 Å². The van der Waals surface area contributed by atoms with Crippen molar-refractivity contribution in [2.45, 2.75) is 37.5 Å². The maximum Gasteiger partial charge on any atom is 0.252 e. The Morgan fingerprint density at radius 1 is 1.07 bits per heavy atom. The van der Waals surface area contributed by atoms with Gasteiger partial charge in [-0.15, -0.1) is 0 Å². The zero-order valence-corrected chi connectivity index (χ0v) is 17.0. The zero-order chi connectivity index (χ0) is 21.0. The van der Waals surface area contributed by atoms with E-state index in [4.69, 9.17) is 11.6 Å². The number of nitrogens with one attached hydrogen (secondary N) is 1. The summed E-state index contributed by atoms with van der Waals surface area (Å²) in [6.07, 6.45) is -0.328. The van der Waals surface area contributed by atoms with Crippen molar-refractivity contribution >= 4 is 23.4 Å². The van der Waals surface area contributed by atoms with Crippen LogP contribution in [-0.2, 0) is 10.4 Å². The molecule has 154 valence electrons. The summed E-state index contributed by atoms with van der Waals surface area (Å²) in [5, 5.41) is 24.3. The molecule has 2 unspecified atom stereocenters. The molecule has 1 fully saturated rings. The van der Waals surface area contributed by atoms with Crippen LogP contribution in [0.3, 0.4) is 0 Å². The summed E-state index contributed by atoms with van der Waals surface area (Å²) in [5.74, 6) is -0.776. The third-order valence-corrected chi connectivity index (χ3v) is 5.61. The number of carbonyl (C=O) groups is 2. The van der Waals surface area contributed by atoms with Crippen LogP contribution in [0.5, 0.6) is 0 Å². The quantitative estimate of drug-likeness (QED) is 0.697. The number of nitrogens with zero attached hydrogens (tertiary/aromatic N) is 1. The lowest BCUT2D eigenvalue weighted by Crippen LogP contribution is -2.56. The second-order valence-electron chi connectivity index (χ2n) is 7.42. The summed E-state index contributed by atoms with van der Waals surface area (Å²) in [7, 11) is 0. The van der Waals surface area contributed by atoms with Crippen molar-refractivity contribution in [1.82, 2.24) is 10.2 Å². The number of piperidine rings is 1. The van der Waals surface area contributed by atoms with Crippen molar-refractivity contribution in [3.8, 4) is 0 Å². The molecular formula is C22H25ClN2O4. The predicted octanol–water partition coefficient (Wildman–Crippen LogP) is 2.33. The maximum absolute atomic E-state index is 13.0. The van der Waals surface area contributed by atoms with Gasteiger partial charge in [0.2, 0.25) is 5.91 Å². The summed E-state index contributed by atoms with van der Waals surface area (Å²) in [5.41, 5.74) is 0.148. The van der Waals surface area contributed by atoms with E-state index in [1.165, 1.54) is 6.92 Å². The number of benzene rings is 2. The summed E-state index contributed by atoms with van der Waals surface area (Å²) < 4.78 is 0. The largest absolute Gasteiger partial charge is 0.391 e. The van der Waals surface area contributed by atoms with Gasteiger partial charge in [0, 0.05) is 23.7 Å². The second-order valence-corrected chi connectivity index (χ2v) is 7.86. The molecule has 2 atom stereocenters. The molecule has 2 amide bonds. The van der Waals surface area contributed by atoms with Crippen molar-refractivity contribution in [3.05, 3.63) is 70.7 Å². The number of hydrogen-bond acceptors (Lipinski definition) is 4. The summed E-state index contributed by atoms with van der Waals surface area (Å²) in [4.78, 5) is 26.9. The minimum atomic E-state index is -1.05. The Morgan fingerprint density at radius 3 is 2.21 bits per heavy atom. The molecule has 0 spiro atoms. The third-order valence-electron chi connectivity index (χ3n) is 5.35. The average Bonchev–Trinajstić information content (AvgIpc) is 2.72. The molecule has 0 aromatic heterocycles. The van der Waals surface area contributed by atoms with Crippen LogP contribution in [0.1, 0.15) is 35.7 Å². The van der Waals surface area contributed by atoms with Crippen LogP contribution in [0, 0.1) is 0 Å². The van der Waals surface area contributed by atoms with Gasteiger partial charge in [-0.1, -0.05) is 41.9 Å². The smallest absolute Gasteiger partial charge is 0.252 e. The summed E-state index contributed by atoms with van der Waals surface area (Å²) in [6.45, 7) is 2.12. The van der Waals surface area contributed by atoms with E-state index in [2.05, 4.69) is 5.32 Å². The molecule has 1 aliphatic rings. The fourth-order valence-electron chi connectivity index (χ4n) is 3.55. The van der Waals surface area contributed by atoms with Gasteiger partial charge < -0.3 is 20.4 Å². The molecule has 0 aliphatic carbocycles. The standard InChI is InChI=1S/C22H25ClN2O4/c1-15(26)19(24-20(27)16-5-3-2-4-6-16)21(28)25-13-11-22(29,12-14-25)17-7-9-18(23)10-8-17/h2-10,15,19,26,29H,11-14H2,1H3,(H,24,27). The fraction of sp³-hybridized carbons (Fsp3) is 0.364. The Balaban J connectivity index is 1.65. The second kappa shape index (κ2) is 8.95. The van der Waals surface area contributed by atoms with Crippen LogP contribution in [0.4, 0.5) is 0 Å². The van der Waals surface area contributed by atoms with Gasteiger partial charge >= 0.3 is 0 Å². The monoisotopic (exact) mass is 416 g/mol. The van der Waals surface area contributed by atoms with Gasteiger partial charge in [-0.3, -0.25) is 9.59 Å². The van der Waals surface area contributed by atoms with Crippen LogP contribution in [-0.4, -0.2) is 52.2 Å². The van der Waals surface area contributed by atoms with Crippen molar-refractivity contribution in [3.63, 3.8) is 0 Å². The Kier molecular flexibility index (Phi) is 6.57. The van der Waals surface area contributed by atoms with Crippen LogP contribution >= 0.6 is 11.6 Å². The maximum atomic E-state index is 13.0. The van der Waals surface area contributed by atoms with E-state index < -0.39 is 23.7 Å². The highest BCUT2D eigenvalue weighted by molar-refractivity contribution is 6.30. The number of amides is 2. The number of halogens is 1. The number of likely N-dealkylation sites (tertiary alicyclic amines) is 1. The molecule has 1 saturated heterocycles. The van der Waals surface area contributed by atoms with Gasteiger partial charge in [0.05, 0.1) is 11.7 Å². The molecule has 6 nitrogen and oxygen atoms in total. The van der Waals surface area contributed by atoms with E-state index in [0.29, 0.717) is 36.5 Å². The molecule has 0 radical (unpaired) electrons. The molecule has 7 heteroatoms. The lowest BCUT2D eigenvalue weighted by atomic mass is 9.84. The molecule has 3 rings (SSSR count). The SMILES string of the molecule is CC(O)C(NC(=O)c1ccccc1)C(=O)N1CCC(O)(c2ccc(Cl)cc2)CC1. The lowest BCUT2D eigenvalue weighted by Gasteiger charge is -2.40. The van der Waals surface area contributed by atoms with E-state index in [9.17, 15) is 19.8 Å². The van der Waals surface area contributed by atoms with Gasteiger partial charge in [-0.05, 0) is 49.6 Å². The number of hydrogen-bond donors (Lipinski definition) is 3. The average molecular weight is 417 g/mol. The summed E-state index contributed by atoms with van der Waals surface area (Å²) >= 11 is 5.92. The van der Waals surface area contributed by atoms with Crippen LogP contribution in [0.2, 0.25) is 5.02 Å². The first kappa shape index (κ1) is 21.3. The molecule has 29 heavy (non-hydrogen) atoms. The lowest BCUT2D eigenvalue weighted by molar-refractivity contribution is -0.140. The zero-order valence-electron chi connectivity index (χ0n) is 16.2. The molecule has 2 aromatic rings. The number of aliphatic hydroxyl groups is 2. The molecule has 1 heterocycles. The number of rotatable bonds is 5. The van der Waals surface area contributed by atoms with Gasteiger partial charge in [-0.25, -0.2) is 0 Å². The minimum Gasteiger partial charge on any atom is -0.391 e. The Morgan fingerprint density at radius 2 is 1.66 bits per heavy atom. The first-order valence-corrected chi connectivity index (χ1v) is 9.99. The topological polar surface area (TPSA) is 89.9 Å². The molecular weight excluding hydrogens is 392 g/mol. The first-order valence-electron chi connectivity index (χ1n) is 9.61. The normalized spacial score (nSPS) is 18.0. The summed E-state index contributed by atoms with van der Waals surface area (Å²) in [6, 6.07) is 14.5. The third kappa shape index (κ3) is 4.96. The molecule has 1 aliphatic heterocycles. The Bertz CT molecular complexity index is 847. The van der Waals surface area contributed by atoms with Gasteiger partial charge in [-0.2, -0.15) is 0 Å². The predicted molar refractivity (Wildman–Crippen MR) is 111 cm³/mol. The highest BCUT2D eigenvalue weighted by atomic mass is 35.5. The Hall–Kier alpha value is -2.41. The van der Waals surface area contributed by atoms with Crippen LogP contribution < -0.4 is 5.32 Å². The number of carbonyl (C=O) groups excluding carboxylic acids is 2.